The molecule has 0 saturated carbocycles. The molecule has 0 aliphatic carbocycles. The number of aryl methyl sites for hydroxylation is 2. The summed E-state index contributed by atoms with van der Waals surface area (Å²) in [5, 5.41) is 0.380. The summed E-state index contributed by atoms with van der Waals surface area (Å²) in [4.78, 5) is 13.6. The number of anilines is 1. The van der Waals surface area contributed by atoms with Gasteiger partial charge in [-0.3, -0.25) is 4.90 Å². The van der Waals surface area contributed by atoms with Crippen LogP contribution in [0.5, 0.6) is 0 Å². The molecule has 0 spiro atoms. The molecule has 0 radical (unpaired) electrons. The maximum atomic E-state index is 12.4. The standard InChI is InChI=1S/C18H19ClN2O4S/c1-12-3-6-14(7-4-12)21-11-15(25-18(21)22)10-20-26(23,24)16-8-5-13(2)17(19)9-16/h3-9,15,20H,10-11H2,1-2H3. The second-order valence-electron chi connectivity index (χ2n) is 6.21. The van der Waals surface area contributed by atoms with Crippen molar-refractivity contribution in [1.82, 2.24) is 4.72 Å². The van der Waals surface area contributed by atoms with Crippen LogP contribution in [0.1, 0.15) is 11.1 Å². The zero-order chi connectivity index (χ0) is 18.9. The summed E-state index contributed by atoms with van der Waals surface area (Å²) in [5.41, 5.74) is 2.60. The number of carbonyl (C=O) groups excluding carboxylic acids is 1. The van der Waals surface area contributed by atoms with Crippen LogP contribution in [0.25, 0.3) is 0 Å². The molecule has 1 N–H and O–H groups in total. The van der Waals surface area contributed by atoms with E-state index in [0.29, 0.717) is 5.02 Å². The molecule has 1 amide bonds. The highest BCUT2D eigenvalue weighted by Gasteiger charge is 2.33. The van der Waals surface area contributed by atoms with Crippen molar-refractivity contribution >= 4 is 33.4 Å². The number of nitrogens with zero attached hydrogens (tertiary/aromatic N) is 1. The summed E-state index contributed by atoms with van der Waals surface area (Å²) in [5.74, 6) is 0. The van der Waals surface area contributed by atoms with Crippen LogP contribution in [0, 0.1) is 13.8 Å². The zero-order valence-corrected chi connectivity index (χ0v) is 16.0. The van der Waals surface area contributed by atoms with E-state index in [9.17, 15) is 13.2 Å². The van der Waals surface area contributed by atoms with E-state index >= 15 is 0 Å². The third-order valence-electron chi connectivity index (χ3n) is 4.17. The van der Waals surface area contributed by atoms with Crippen LogP contribution < -0.4 is 9.62 Å². The number of ether oxygens (including phenoxy) is 1. The number of amides is 1. The van der Waals surface area contributed by atoms with Crippen molar-refractivity contribution in [3.05, 3.63) is 58.6 Å². The van der Waals surface area contributed by atoms with Crippen molar-refractivity contribution < 1.29 is 17.9 Å². The van der Waals surface area contributed by atoms with Crippen LogP contribution >= 0.6 is 11.6 Å². The summed E-state index contributed by atoms with van der Waals surface area (Å²) in [6, 6.07) is 12.0. The molecule has 138 valence electrons. The summed E-state index contributed by atoms with van der Waals surface area (Å²) < 4.78 is 32.5. The molecule has 26 heavy (non-hydrogen) atoms. The highest BCUT2D eigenvalue weighted by molar-refractivity contribution is 7.89. The Bertz CT molecular complexity index is 929. The van der Waals surface area contributed by atoms with E-state index in [2.05, 4.69) is 4.72 Å². The van der Waals surface area contributed by atoms with Crippen LogP contribution in [0.3, 0.4) is 0 Å². The number of hydrogen-bond donors (Lipinski definition) is 1. The van der Waals surface area contributed by atoms with E-state index in [0.717, 1.165) is 16.8 Å². The maximum absolute atomic E-state index is 12.4. The molecular weight excluding hydrogens is 376 g/mol. The van der Waals surface area contributed by atoms with Crippen molar-refractivity contribution in [1.29, 1.82) is 0 Å². The van der Waals surface area contributed by atoms with Gasteiger partial charge in [-0.25, -0.2) is 17.9 Å². The normalized spacial score (nSPS) is 17.4. The molecule has 1 heterocycles. The smallest absolute Gasteiger partial charge is 0.414 e. The molecule has 2 aromatic rings. The van der Waals surface area contributed by atoms with Crippen molar-refractivity contribution in [2.75, 3.05) is 18.0 Å². The first-order valence-electron chi connectivity index (χ1n) is 8.07. The first kappa shape index (κ1) is 18.7. The number of halogens is 1. The zero-order valence-electron chi connectivity index (χ0n) is 14.4. The lowest BCUT2D eigenvalue weighted by atomic mass is 10.2. The number of sulfonamides is 1. The van der Waals surface area contributed by atoms with Gasteiger partial charge in [0.15, 0.2) is 0 Å². The van der Waals surface area contributed by atoms with Gasteiger partial charge in [0.2, 0.25) is 10.0 Å². The van der Waals surface area contributed by atoms with Gasteiger partial charge in [-0.15, -0.1) is 0 Å². The quantitative estimate of drug-likeness (QED) is 0.844. The van der Waals surface area contributed by atoms with Crippen LogP contribution in [0.15, 0.2) is 47.4 Å². The Hall–Kier alpha value is -2.09. The molecule has 2 aromatic carbocycles. The molecule has 1 aliphatic heterocycles. The van der Waals surface area contributed by atoms with E-state index in [-0.39, 0.29) is 18.0 Å². The van der Waals surface area contributed by atoms with Gasteiger partial charge in [0.1, 0.15) is 6.10 Å². The molecule has 0 bridgehead atoms. The second-order valence-corrected chi connectivity index (χ2v) is 8.39. The number of rotatable bonds is 5. The number of nitrogens with one attached hydrogen (secondary N) is 1. The third kappa shape index (κ3) is 4.00. The number of cyclic esters (lactones) is 1. The minimum absolute atomic E-state index is 0.0120. The van der Waals surface area contributed by atoms with Crippen molar-refractivity contribution in [3.8, 4) is 0 Å². The van der Waals surface area contributed by atoms with Crippen LogP contribution in [0.4, 0.5) is 10.5 Å². The Morgan fingerprint density at radius 3 is 2.54 bits per heavy atom. The highest BCUT2D eigenvalue weighted by Crippen LogP contribution is 2.23. The first-order valence-corrected chi connectivity index (χ1v) is 9.93. The van der Waals surface area contributed by atoms with Gasteiger partial charge in [-0.2, -0.15) is 0 Å². The van der Waals surface area contributed by atoms with Crippen LogP contribution in [0.2, 0.25) is 5.02 Å². The van der Waals surface area contributed by atoms with Crippen LogP contribution in [-0.4, -0.2) is 33.7 Å². The van der Waals surface area contributed by atoms with Gasteiger partial charge in [-0.1, -0.05) is 35.4 Å². The van der Waals surface area contributed by atoms with Crippen molar-refractivity contribution in [3.63, 3.8) is 0 Å². The molecule has 1 unspecified atom stereocenters. The van der Waals surface area contributed by atoms with Gasteiger partial charge in [0.05, 0.1) is 11.4 Å². The lowest BCUT2D eigenvalue weighted by molar-refractivity contribution is 0.143. The molecule has 6 nitrogen and oxygen atoms in total. The summed E-state index contributed by atoms with van der Waals surface area (Å²) in [6.07, 6.45) is -1.06. The molecule has 1 aliphatic rings. The SMILES string of the molecule is Cc1ccc(N2CC(CNS(=O)(=O)c3ccc(C)c(Cl)c3)OC2=O)cc1. The molecule has 1 atom stereocenters. The van der Waals surface area contributed by atoms with Gasteiger partial charge < -0.3 is 4.74 Å². The fraction of sp³-hybridized carbons (Fsp3) is 0.278. The minimum Gasteiger partial charge on any atom is -0.443 e. The highest BCUT2D eigenvalue weighted by atomic mass is 35.5. The fourth-order valence-electron chi connectivity index (χ4n) is 2.59. The molecule has 0 aromatic heterocycles. The van der Waals surface area contributed by atoms with E-state index < -0.39 is 22.2 Å². The largest absolute Gasteiger partial charge is 0.443 e. The monoisotopic (exact) mass is 394 g/mol. The van der Waals surface area contributed by atoms with E-state index in [1.807, 2.05) is 31.2 Å². The molecule has 1 fully saturated rings. The summed E-state index contributed by atoms with van der Waals surface area (Å²) >= 11 is 6.00. The van der Waals surface area contributed by atoms with Gasteiger partial charge in [0, 0.05) is 17.3 Å². The van der Waals surface area contributed by atoms with Gasteiger partial charge >= 0.3 is 6.09 Å². The Morgan fingerprint density at radius 1 is 1.19 bits per heavy atom. The van der Waals surface area contributed by atoms with Gasteiger partial charge in [-0.05, 0) is 43.7 Å². The number of carbonyl (C=O) groups is 1. The number of hydrogen-bond acceptors (Lipinski definition) is 4. The number of benzene rings is 2. The topological polar surface area (TPSA) is 75.7 Å². The van der Waals surface area contributed by atoms with E-state index in [4.69, 9.17) is 16.3 Å². The lowest BCUT2D eigenvalue weighted by Crippen LogP contribution is -2.34. The lowest BCUT2D eigenvalue weighted by Gasteiger charge is -2.13. The second kappa shape index (κ2) is 7.26. The van der Waals surface area contributed by atoms with Crippen LogP contribution in [-0.2, 0) is 14.8 Å². The predicted molar refractivity (Wildman–Crippen MR) is 100 cm³/mol. The van der Waals surface area contributed by atoms with E-state index in [1.54, 1.807) is 13.0 Å². The Kier molecular flexibility index (Phi) is 5.22. The Labute approximate surface area is 157 Å². The average molecular weight is 395 g/mol. The molecular formula is C18H19ClN2O4S. The summed E-state index contributed by atoms with van der Waals surface area (Å²) in [7, 11) is -3.74. The maximum Gasteiger partial charge on any atom is 0.414 e. The predicted octanol–water partition coefficient (Wildman–Crippen LogP) is 3.26. The van der Waals surface area contributed by atoms with Crippen molar-refractivity contribution in [2.45, 2.75) is 24.8 Å². The fourth-order valence-corrected chi connectivity index (χ4v) is 3.93. The van der Waals surface area contributed by atoms with E-state index in [1.165, 1.54) is 17.0 Å². The minimum atomic E-state index is -3.74. The third-order valence-corrected chi connectivity index (χ3v) is 6.00. The molecule has 3 rings (SSSR count). The Morgan fingerprint density at radius 2 is 1.88 bits per heavy atom. The molecule has 8 heteroatoms. The molecule has 1 saturated heterocycles. The summed E-state index contributed by atoms with van der Waals surface area (Å²) in [6.45, 7) is 4.02. The average Bonchev–Trinajstić information content (AvgIpc) is 2.97. The Balaban J connectivity index is 1.65. The van der Waals surface area contributed by atoms with Crippen molar-refractivity contribution in [2.24, 2.45) is 0 Å². The van der Waals surface area contributed by atoms with Gasteiger partial charge in [0.25, 0.3) is 0 Å². The first-order chi connectivity index (χ1) is 12.3.